The predicted octanol–water partition coefficient (Wildman–Crippen LogP) is 2.67. The van der Waals surface area contributed by atoms with E-state index in [1.165, 1.54) is 19.3 Å². The van der Waals surface area contributed by atoms with Gasteiger partial charge in [-0.05, 0) is 44.1 Å². The maximum absolute atomic E-state index is 10.6. The van der Waals surface area contributed by atoms with Crippen molar-refractivity contribution >= 4 is 29.0 Å². The SMILES string of the molecule is C/C(=N/NC(=S)NC1CCCCC1)c1cccc(OCC(=O)O)c1. The molecular weight excluding hydrogens is 326 g/mol. The highest BCUT2D eigenvalue weighted by atomic mass is 32.1. The number of carbonyl (C=O) groups is 1. The Labute approximate surface area is 147 Å². The first-order valence-corrected chi connectivity index (χ1v) is 8.51. The van der Waals surface area contributed by atoms with Crippen LogP contribution < -0.4 is 15.5 Å². The number of ether oxygens (including phenoxy) is 1. The van der Waals surface area contributed by atoms with Gasteiger partial charge in [0.25, 0.3) is 0 Å². The molecule has 1 aliphatic rings. The van der Waals surface area contributed by atoms with E-state index in [9.17, 15) is 4.79 Å². The maximum atomic E-state index is 10.6. The Bertz CT molecular complexity index is 613. The highest BCUT2D eigenvalue weighted by Crippen LogP contribution is 2.17. The van der Waals surface area contributed by atoms with Gasteiger partial charge >= 0.3 is 5.97 Å². The number of hydrazone groups is 1. The summed E-state index contributed by atoms with van der Waals surface area (Å²) in [5, 5.41) is 16.8. The number of hydrogen-bond acceptors (Lipinski definition) is 4. The molecule has 0 aliphatic heterocycles. The number of thiocarbonyl (C=S) groups is 1. The van der Waals surface area contributed by atoms with Crippen molar-refractivity contribution in [2.45, 2.75) is 45.1 Å². The first-order valence-electron chi connectivity index (χ1n) is 8.10. The third-order valence-corrected chi connectivity index (χ3v) is 4.09. The van der Waals surface area contributed by atoms with E-state index >= 15 is 0 Å². The second kappa shape index (κ2) is 9.22. The molecule has 1 saturated carbocycles. The Hall–Kier alpha value is -2.15. The Morgan fingerprint density at radius 1 is 1.38 bits per heavy atom. The zero-order valence-corrected chi connectivity index (χ0v) is 14.6. The molecule has 0 heterocycles. The fraction of sp³-hybridized carbons (Fsp3) is 0.471. The second-order valence-electron chi connectivity index (χ2n) is 5.83. The van der Waals surface area contributed by atoms with Crippen LogP contribution in [0, 0.1) is 0 Å². The van der Waals surface area contributed by atoms with Crippen LogP contribution in [0.4, 0.5) is 0 Å². The molecule has 6 nitrogen and oxygen atoms in total. The van der Waals surface area contributed by atoms with Crippen LogP contribution in [0.25, 0.3) is 0 Å². The zero-order valence-electron chi connectivity index (χ0n) is 13.7. The molecule has 2 rings (SSSR count). The van der Waals surface area contributed by atoms with E-state index in [1.807, 2.05) is 13.0 Å². The molecule has 0 atom stereocenters. The Morgan fingerprint density at radius 2 is 2.12 bits per heavy atom. The zero-order chi connectivity index (χ0) is 17.4. The normalized spacial score (nSPS) is 15.6. The molecule has 7 heteroatoms. The number of nitrogens with one attached hydrogen (secondary N) is 2. The minimum Gasteiger partial charge on any atom is -0.482 e. The van der Waals surface area contributed by atoms with Gasteiger partial charge in [0.15, 0.2) is 11.7 Å². The summed E-state index contributed by atoms with van der Waals surface area (Å²) < 4.78 is 5.17. The number of nitrogens with zero attached hydrogens (tertiary/aromatic N) is 1. The standard InChI is InChI=1S/C17H23N3O3S/c1-12(13-6-5-9-15(10-13)23-11-16(21)22)19-20-17(24)18-14-7-3-2-4-8-14/h5-6,9-10,14H,2-4,7-8,11H2,1H3,(H,21,22)(H2,18,20,24)/b19-12-. The summed E-state index contributed by atoms with van der Waals surface area (Å²) in [5.74, 6) is -0.515. The van der Waals surface area contributed by atoms with Gasteiger partial charge < -0.3 is 15.2 Å². The van der Waals surface area contributed by atoms with Gasteiger partial charge in [-0.2, -0.15) is 5.10 Å². The highest BCUT2D eigenvalue weighted by Gasteiger charge is 2.13. The monoisotopic (exact) mass is 349 g/mol. The molecule has 0 spiro atoms. The van der Waals surface area contributed by atoms with Crippen LogP contribution in [0.2, 0.25) is 0 Å². The van der Waals surface area contributed by atoms with Crippen molar-refractivity contribution in [3.63, 3.8) is 0 Å². The summed E-state index contributed by atoms with van der Waals surface area (Å²) in [7, 11) is 0. The lowest BCUT2D eigenvalue weighted by molar-refractivity contribution is -0.139. The molecule has 0 unspecified atom stereocenters. The summed E-state index contributed by atoms with van der Waals surface area (Å²) in [6.07, 6.45) is 6.08. The number of carboxylic acids is 1. The lowest BCUT2D eigenvalue weighted by Crippen LogP contribution is -2.41. The fourth-order valence-corrected chi connectivity index (χ4v) is 2.83. The van der Waals surface area contributed by atoms with Gasteiger partial charge in [-0.25, -0.2) is 4.79 Å². The highest BCUT2D eigenvalue weighted by molar-refractivity contribution is 7.80. The van der Waals surface area contributed by atoms with Crippen LogP contribution >= 0.6 is 12.2 Å². The van der Waals surface area contributed by atoms with Crippen LogP contribution in [-0.4, -0.2) is 34.5 Å². The smallest absolute Gasteiger partial charge is 0.341 e. The Balaban J connectivity index is 1.88. The molecule has 1 aromatic carbocycles. The Morgan fingerprint density at radius 3 is 2.83 bits per heavy atom. The number of hydrogen-bond donors (Lipinski definition) is 3. The topological polar surface area (TPSA) is 83.0 Å². The van der Waals surface area contributed by atoms with Gasteiger partial charge in [0.05, 0.1) is 5.71 Å². The second-order valence-corrected chi connectivity index (χ2v) is 6.24. The molecule has 1 fully saturated rings. The average molecular weight is 349 g/mol. The molecule has 0 saturated heterocycles. The van der Waals surface area contributed by atoms with Crippen molar-refractivity contribution in [1.82, 2.24) is 10.7 Å². The number of carboxylic acid groups (broad SMARTS) is 1. The third kappa shape index (κ3) is 6.16. The van der Waals surface area contributed by atoms with Gasteiger partial charge in [-0.15, -0.1) is 0 Å². The van der Waals surface area contributed by atoms with E-state index in [2.05, 4.69) is 15.8 Å². The van der Waals surface area contributed by atoms with Gasteiger partial charge in [-0.1, -0.05) is 31.4 Å². The van der Waals surface area contributed by atoms with Crippen molar-refractivity contribution in [2.24, 2.45) is 5.10 Å². The van der Waals surface area contributed by atoms with Crippen LogP contribution in [0.1, 0.15) is 44.6 Å². The molecule has 24 heavy (non-hydrogen) atoms. The lowest BCUT2D eigenvalue weighted by Gasteiger charge is -2.23. The summed E-state index contributed by atoms with van der Waals surface area (Å²) in [6.45, 7) is 1.49. The van der Waals surface area contributed by atoms with E-state index in [-0.39, 0.29) is 6.61 Å². The quantitative estimate of drug-likeness (QED) is 0.416. The fourth-order valence-electron chi connectivity index (χ4n) is 2.62. The maximum Gasteiger partial charge on any atom is 0.341 e. The number of rotatable bonds is 6. The van der Waals surface area contributed by atoms with Gasteiger partial charge in [-0.3, -0.25) is 5.43 Å². The molecule has 130 valence electrons. The lowest BCUT2D eigenvalue weighted by atomic mass is 9.96. The first kappa shape index (κ1) is 18.2. The minimum absolute atomic E-state index is 0.368. The summed E-state index contributed by atoms with van der Waals surface area (Å²) >= 11 is 5.28. The van der Waals surface area contributed by atoms with Crippen molar-refractivity contribution in [3.8, 4) is 5.75 Å². The molecule has 0 aromatic heterocycles. The van der Waals surface area contributed by atoms with E-state index in [0.29, 0.717) is 16.9 Å². The molecular formula is C17H23N3O3S. The van der Waals surface area contributed by atoms with Crippen LogP contribution in [-0.2, 0) is 4.79 Å². The summed E-state index contributed by atoms with van der Waals surface area (Å²) in [6, 6.07) is 7.57. The molecule has 0 radical (unpaired) electrons. The van der Waals surface area contributed by atoms with Crippen LogP contribution in [0.3, 0.4) is 0 Å². The van der Waals surface area contributed by atoms with Crippen molar-refractivity contribution in [2.75, 3.05) is 6.61 Å². The van der Waals surface area contributed by atoms with E-state index in [1.54, 1.807) is 18.2 Å². The van der Waals surface area contributed by atoms with Crippen LogP contribution in [0.15, 0.2) is 29.4 Å². The van der Waals surface area contributed by atoms with E-state index < -0.39 is 5.97 Å². The molecule has 1 aromatic rings. The molecule has 0 amide bonds. The van der Waals surface area contributed by atoms with Gasteiger partial charge in [0.1, 0.15) is 5.75 Å². The first-order chi connectivity index (χ1) is 11.5. The van der Waals surface area contributed by atoms with Crippen LogP contribution in [0.5, 0.6) is 5.75 Å². The number of aliphatic carboxylic acids is 1. The minimum atomic E-state index is -1.01. The van der Waals surface area contributed by atoms with Gasteiger partial charge in [0.2, 0.25) is 0 Å². The van der Waals surface area contributed by atoms with E-state index in [4.69, 9.17) is 22.1 Å². The van der Waals surface area contributed by atoms with Crippen molar-refractivity contribution in [1.29, 1.82) is 0 Å². The van der Waals surface area contributed by atoms with Crippen molar-refractivity contribution < 1.29 is 14.6 Å². The predicted molar refractivity (Wildman–Crippen MR) is 97.5 cm³/mol. The van der Waals surface area contributed by atoms with Gasteiger partial charge in [0, 0.05) is 11.6 Å². The number of benzene rings is 1. The molecule has 3 N–H and O–H groups in total. The van der Waals surface area contributed by atoms with E-state index in [0.717, 1.165) is 24.1 Å². The average Bonchev–Trinajstić information content (AvgIpc) is 2.59. The summed E-state index contributed by atoms with van der Waals surface area (Å²) in [4.78, 5) is 10.6. The largest absolute Gasteiger partial charge is 0.482 e. The molecule has 1 aliphatic carbocycles. The summed E-state index contributed by atoms with van der Waals surface area (Å²) in [5.41, 5.74) is 4.45. The third-order valence-electron chi connectivity index (χ3n) is 3.88. The van der Waals surface area contributed by atoms with Crippen molar-refractivity contribution in [3.05, 3.63) is 29.8 Å². The molecule has 0 bridgehead atoms. The Kier molecular flexibility index (Phi) is 6.99.